The summed E-state index contributed by atoms with van der Waals surface area (Å²) in [7, 11) is 0. The van der Waals surface area contributed by atoms with Crippen LogP contribution in [0.25, 0.3) is 89.1 Å². The van der Waals surface area contributed by atoms with Gasteiger partial charge in [-0.25, -0.2) is 15.0 Å². The van der Waals surface area contributed by atoms with Crippen molar-refractivity contribution in [2.45, 2.75) is 26.2 Å². The molecule has 2 aromatic heterocycles. The Bertz CT molecular complexity index is 2840. The molecule has 0 saturated heterocycles. The van der Waals surface area contributed by atoms with Crippen LogP contribution in [0.1, 0.15) is 30.5 Å². The zero-order valence-electron chi connectivity index (χ0n) is 28.6. The van der Waals surface area contributed by atoms with Gasteiger partial charge in [0.05, 0.1) is 0 Å². The molecule has 0 amide bonds. The van der Waals surface area contributed by atoms with E-state index < -0.39 is 0 Å². The third kappa shape index (κ3) is 4.56. The molecule has 51 heavy (non-hydrogen) atoms. The molecular weight excluding hydrogens is 623 g/mol. The van der Waals surface area contributed by atoms with Crippen LogP contribution in [0.4, 0.5) is 0 Å². The Morgan fingerprint density at radius 2 is 1.12 bits per heavy atom. The van der Waals surface area contributed by atoms with Gasteiger partial charge in [-0.15, -0.1) is 0 Å². The highest BCUT2D eigenvalue weighted by molar-refractivity contribution is 6.11. The Balaban J connectivity index is 1.06. The summed E-state index contributed by atoms with van der Waals surface area (Å²) in [6.45, 7) is 6.75. The van der Waals surface area contributed by atoms with Gasteiger partial charge in [0.15, 0.2) is 17.5 Å². The molecule has 0 spiro atoms. The summed E-state index contributed by atoms with van der Waals surface area (Å²) >= 11 is 0. The van der Waals surface area contributed by atoms with Crippen LogP contribution in [0.3, 0.4) is 0 Å². The number of fused-ring (bicyclic) bond motifs is 8. The van der Waals surface area contributed by atoms with E-state index in [1.807, 2.05) is 12.1 Å². The van der Waals surface area contributed by atoms with Gasteiger partial charge in [-0.2, -0.15) is 0 Å². The van der Waals surface area contributed by atoms with Gasteiger partial charge in [0.25, 0.3) is 0 Å². The maximum atomic E-state index is 6.55. The van der Waals surface area contributed by atoms with E-state index in [4.69, 9.17) is 19.4 Å². The number of furan rings is 1. The topological polar surface area (TPSA) is 51.8 Å². The van der Waals surface area contributed by atoms with E-state index >= 15 is 0 Å². The first-order chi connectivity index (χ1) is 24.9. The molecule has 9 aromatic rings. The van der Waals surface area contributed by atoms with Gasteiger partial charge < -0.3 is 4.42 Å². The molecule has 0 fully saturated rings. The molecule has 0 aliphatic heterocycles. The first kappa shape index (κ1) is 29.5. The Hall–Kier alpha value is -6.39. The van der Waals surface area contributed by atoms with Crippen LogP contribution in [0.5, 0.6) is 0 Å². The van der Waals surface area contributed by atoms with Crippen LogP contribution in [-0.4, -0.2) is 15.0 Å². The molecule has 1 aliphatic carbocycles. The Morgan fingerprint density at radius 1 is 0.471 bits per heavy atom. The fourth-order valence-corrected chi connectivity index (χ4v) is 8.12. The second kappa shape index (κ2) is 11.1. The predicted octanol–water partition coefficient (Wildman–Crippen LogP) is 12.2. The maximum Gasteiger partial charge on any atom is 0.164 e. The zero-order valence-corrected chi connectivity index (χ0v) is 28.6. The standard InChI is InChI=1S/C47H33N3O/c1-28-11-4-6-14-33(28)45-48-44(49-46(50-45)37-17-10-13-30-12-5-7-15-34(30)37)31-21-19-29(20-22-31)32-23-24-38-41(27-32)51-40-26-25-36-35-16-8-9-18-39(35)47(2,3)43(36)42(38)40/h4-27H,1-3H3. The van der Waals surface area contributed by atoms with Gasteiger partial charge in [0.1, 0.15) is 11.2 Å². The number of aromatic nitrogens is 3. The molecule has 242 valence electrons. The van der Waals surface area contributed by atoms with Gasteiger partial charge in [-0.1, -0.05) is 141 Å². The van der Waals surface area contributed by atoms with Crippen molar-refractivity contribution in [1.29, 1.82) is 0 Å². The summed E-state index contributed by atoms with van der Waals surface area (Å²) in [6, 6.07) is 51.1. The molecule has 10 rings (SSSR count). The van der Waals surface area contributed by atoms with E-state index in [0.29, 0.717) is 17.5 Å². The summed E-state index contributed by atoms with van der Waals surface area (Å²) in [5.41, 5.74) is 13.3. The van der Waals surface area contributed by atoms with E-state index in [0.717, 1.165) is 60.7 Å². The Labute approximate surface area is 296 Å². The summed E-state index contributed by atoms with van der Waals surface area (Å²) in [6.07, 6.45) is 0. The van der Waals surface area contributed by atoms with Gasteiger partial charge in [0, 0.05) is 32.9 Å². The second-order valence-electron chi connectivity index (χ2n) is 14.1. The minimum Gasteiger partial charge on any atom is -0.456 e. The lowest BCUT2D eigenvalue weighted by atomic mass is 9.80. The lowest BCUT2D eigenvalue weighted by Crippen LogP contribution is -2.15. The number of benzene rings is 7. The van der Waals surface area contributed by atoms with Crippen molar-refractivity contribution >= 4 is 32.7 Å². The molecule has 4 nitrogen and oxygen atoms in total. The molecule has 7 aromatic carbocycles. The van der Waals surface area contributed by atoms with Crippen molar-refractivity contribution in [3.8, 4) is 56.4 Å². The van der Waals surface area contributed by atoms with Crippen molar-refractivity contribution in [3.63, 3.8) is 0 Å². The molecule has 0 atom stereocenters. The predicted molar refractivity (Wildman–Crippen MR) is 209 cm³/mol. The van der Waals surface area contributed by atoms with E-state index in [2.05, 4.69) is 154 Å². The molecule has 0 unspecified atom stereocenters. The van der Waals surface area contributed by atoms with Gasteiger partial charge in [-0.05, 0) is 74.8 Å². The van der Waals surface area contributed by atoms with E-state index in [1.54, 1.807) is 0 Å². The summed E-state index contributed by atoms with van der Waals surface area (Å²) in [5.74, 6) is 1.97. The minimum atomic E-state index is -0.113. The SMILES string of the molecule is Cc1ccccc1-c1nc(-c2ccc(-c3ccc4c(c3)oc3ccc5c(c34)C(C)(C)c3ccccc3-5)cc2)nc(-c2cccc3ccccc23)n1. The molecule has 2 heterocycles. The fraction of sp³-hybridized carbons (Fsp3) is 0.0851. The highest BCUT2D eigenvalue weighted by atomic mass is 16.3. The summed E-state index contributed by atoms with van der Waals surface area (Å²) in [4.78, 5) is 15.1. The van der Waals surface area contributed by atoms with Crippen molar-refractivity contribution in [3.05, 3.63) is 162 Å². The van der Waals surface area contributed by atoms with Crippen LogP contribution in [0, 0.1) is 6.92 Å². The van der Waals surface area contributed by atoms with Crippen molar-refractivity contribution in [1.82, 2.24) is 15.0 Å². The first-order valence-corrected chi connectivity index (χ1v) is 17.4. The normalized spacial score (nSPS) is 13.2. The molecule has 0 saturated carbocycles. The van der Waals surface area contributed by atoms with Crippen molar-refractivity contribution < 1.29 is 4.42 Å². The second-order valence-corrected chi connectivity index (χ2v) is 14.1. The van der Waals surface area contributed by atoms with Crippen molar-refractivity contribution in [2.75, 3.05) is 0 Å². The van der Waals surface area contributed by atoms with Gasteiger partial charge in [-0.3, -0.25) is 0 Å². The summed E-state index contributed by atoms with van der Waals surface area (Å²) < 4.78 is 6.55. The molecule has 0 N–H and O–H groups in total. The Kier molecular flexibility index (Phi) is 6.40. The quantitative estimate of drug-likeness (QED) is 0.189. The van der Waals surface area contributed by atoms with Crippen molar-refractivity contribution in [2.24, 2.45) is 0 Å². The molecular formula is C47H33N3O. The van der Waals surface area contributed by atoms with E-state index in [9.17, 15) is 0 Å². The minimum absolute atomic E-state index is 0.113. The fourth-order valence-electron chi connectivity index (χ4n) is 8.12. The van der Waals surface area contributed by atoms with Crippen LogP contribution >= 0.6 is 0 Å². The summed E-state index contributed by atoms with van der Waals surface area (Å²) in [5, 5.41) is 4.63. The zero-order chi connectivity index (χ0) is 34.3. The highest BCUT2D eigenvalue weighted by Crippen LogP contribution is 2.53. The monoisotopic (exact) mass is 655 g/mol. The lowest BCUT2D eigenvalue weighted by Gasteiger charge is -2.22. The third-order valence-electron chi connectivity index (χ3n) is 10.7. The number of aryl methyl sites for hydroxylation is 1. The van der Waals surface area contributed by atoms with E-state index in [1.165, 1.54) is 27.6 Å². The average Bonchev–Trinajstić information content (AvgIpc) is 3.66. The van der Waals surface area contributed by atoms with Crippen LogP contribution in [0.15, 0.2) is 150 Å². The van der Waals surface area contributed by atoms with Crippen LogP contribution in [-0.2, 0) is 5.41 Å². The largest absolute Gasteiger partial charge is 0.456 e. The average molecular weight is 656 g/mol. The Morgan fingerprint density at radius 3 is 1.96 bits per heavy atom. The number of rotatable bonds is 4. The molecule has 1 aliphatic rings. The number of hydrogen-bond donors (Lipinski definition) is 0. The highest BCUT2D eigenvalue weighted by Gasteiger charge is 2.37. The molecule has 0 bridgehead atoms. The van der Waals surface area contributed by atoms with Gasteiger partial charge in [0.2, 0.25) is 0 Å². The first-order valence-electron chi connectivity index (χ1n) is 17.4. The molecule has 0 radical (unpaired) electrons. The number of hydrogen-bond acceptors (Lipinski definition) is 4. The maximum absolute atomic E-state index is 6.55. The number of nitrogens with zero attached hydrogens (tertiary/aromatic N) is 3. The van der Waals surface area contributed by atoms with Crippen LogP contribution in [0.2, 0.25) is 0 Å². The third-order valence-corrected chi connectivity index (χ3v) is 10.7. The van der Waals surface area contributed by atoms with E-state index in [-0.39, 0.29) is 5.41 Å². The van der Waals surface area contributed by atoms with Crippen LogP contribution < -0.4 is 0 Å². The lowest BCUT2D eigenvalue weighted by molar-refractivity contribution is 0.657. The van der Waals surface area contributed by atoms with Gasteiger partial charge >= 0.3 is 0 Å². The smallest absolute Gasteiger partial charge is 0.164 e. The molecule has 4 heteroatoms.